The van der Waals surface area contributed by atoms with Crippen molar-refractivity contribution < 1.29 is 17.9 Å². The highest BCUT2D eigenvalue weighted by Gasteiger charge is 2.36. The van der Waals surface area contributed by atoms with Crippen LogP contribution in [0.1, 0.15) is 20.8 Å². The lowest BCUT2D eigenvalue weighted by molar-refractivity contribution is -0.173. The van der Waals surface area contributed by atoms with Crippen molar-refractivity contribution in [2.75, 3.05) is 13.2 Å². The molecular formula is C10H20ClF3OSi. The second-order valence-electron chi connectivity index (χ2n) is 4.02. The molecule has 0 aliphatic carbocycles. The third kappa shape index (κ3) is 5.06. The molecule has 0 aromatic carbocycles. The molecule has 0 N–H and O–H groups in total. The van der Waals surface area contributed by atoms with Gasteiger partial charge in [-0.25, -0.2) is 0 Å². The van der Waals surface area contributed by atoms with Crippen LogP contribution in [-0.4, -0.2) is 32.5 Å². The van der Waals surface area contributed by atoms with Gasteiger partial charge in [-0.05, 0) is 0 Å². The van der Waals surface area contributed by atoms with Crippen LogP contribution in [0.4, 0.5) is 13.2 Å². The smallest absolute Gasteiger partial charge is 0.371 e. The fraction of sp³-hybridized carbons (Fsp3) is 1.00. The van der Waals surface area contributed by atoms with Gasteiger partial charge in [-0.2, -0.15) is 13.2 Å². The number of halogens is 4. The number of hydrogen-bond acceptors (Lipinski definition) is 1. The summed E-state index contributed by atoms with van der Waals surface area (Å²) in [5.74, 6) is 0. The zero-order valence-corrected chi connectivity index (χ0v) is 11.8. The molecular weight excluding hydrogens is 257 g/mol. The Hall–Kier alpha value is 0.257. The van der Waals surface area contributed by atoms with Crippen molar-refractivity contribution in [1.82, 2.24) is 0 Å². The Balaban J connectivity index is 4.17. The summed E-state index contributed by atoms with van der Waals surface area (Å²) >= 11 is 6.20. The summed E-state index contributed by atoms with van der Waals surface area (Å²) in [5, 5.41) is -0.227. The van der Waals surface area contributed by atoms with Crippen LogP contribution in [0.15, 0.2) is 0 Å². The normalized spacial score (nSPS) is 15.2. The molecule has 0 rings (SSSR count). The first kappa shape index (κ1) is 16.3. The number of alkyl halides is 4. The Morgan fingerprint density at radius 3 is 1.88 bits per heavy atom. The van der Waals surface area contributed by atoms with E-state index >= 15 is 0 Å². The second kappa shape index (κ2) is 6.86. The van der Waals surface area contributed by atoms with Gasteiger partial charge in [-0.3, -0.25) is 0 Å². The Labute approximate surface area is 101 Å². The first-order valence-electron chi connectivity index (χ1n) is 5.59. The maximum absolute atomic E-state index is 11.9. The number of hydrogen-bond donors (Lipinski definition) is 0. The minimum atomic E-state index is -4.26. The van der Waals surface area contributed by atoms with Crippen LogP contribution in [0.2, 0.25) is 18.1 Å². The third-order valence-electron chi connectivity index (χ3n) is 3.31. The van der Waals surface area contributed by atoms with Crippen molar-refractivity contribution in [1.29, 1.82) is 0 Å². The fourth-order valence-electron chi connectivity index (χ4n) is 1.87. The van der Waals surface area contributed by atoms with Crippen molar-refractivity contribution in [3.8, 4) is 0 Å². The molecule has 1 atom stereocenters. The van der Waals surface area contributed by atoms with E-state index in [2.05, 4.69) is 25.5 Å². The Morgan fingerprint density at radius 2 is 1.56 bits per heavy atom. The van der Waals surface area contributed by atoms with E-state index in [0.29, 0.717) is 0 Å². The molecule has 0 saturated heterocycles. The van der Waals surface area contributed by atoms with E-state index < -0.39 is 20.9 Å². The zero-order chi connectivity index (χ0) is 12.8. The topological polar surface area (TPSA) is 9.23 Å². The Kier molecular flexibility index (Phi) is 6.97. The molecule has 98 valence electrons. The molecule has 0 amide bonds. The molecule has 0 bridgehead atoms. The molecule has 0 heterocycles. The first-order valence-corrected chi connectivity index (χ1v) is 8.73. The van der Waals surface area contributed by atoms with Gasteiger partial charge < -0.3 is 4.74 Å². The van der Waals surface area contributed by atoms with E-state index in [-0.39, 0.29) is 11.6 Å². The lowest BCUT2D eigenvalue weighted by Crippen LogP contribution is -2.45. The molecule has 16 heavy (non-hydrogen) atoms. The third-order valence-corrected chi connectivity index (χ3v) is 10.5. The van der Waals surface area contributed by atoms with Gasteiger partial charge in [0.25, 0.3) is 0 Å². The molecule has 6 heteroatoms. The predicted octanol–water partition coefficient (Wildman–Crippen LogP) is 4.22. The highest BCUT2D eigenvalue weighted by molar-refractivity contribution is 6.86. The highest BCUT2D eigenvalue weighted by atomic mass is 35.5. The van der Waals surface area contributed by atoms with Crippen LogP contribution in [0, 0.1) is 0 Å². The predicted molar refractivity (Wildman–Crippen MR) is 63.7 cm³/mol. The summed E-state index contributed by atoms with van der Waals surface area (Å²) in [6.07, 6.45) is -4.26. The van der Waals surface area contributed by atoms with Gasteiger partial charge in [-0.1, -0.05) is 38.9 Å². The van der Waals surface area contributed by atoms with Crippen LogP contribution < -0.4 is 0 Å². The summed E-state index contributed by atoms with van der Waals surface area (Å²) in [6.45, 7) is 5.02. The quantitative estimate of drug-likeness (QED) is 0.500. The highest BCUT2D eigenvalue weighted by Crippen LogP contribution is 2.28. The van der Waals surface area contributed by atoms with Crippen LogP contribution in [0.25, 0.3) is 0 Å². The summed E-state index contributed by atoms with van der Waals surface area (Å²) < 4.78 is 40.3. The second-order valence-corrected chi connectivity index (χ2v) is 10.5. The Bertz CT molecular complexity index is 187. The van der Waals surface area contributed by atoms with Gasteiger partial charge in [0, 0.05) is 0 Å². The van der Waals surface area contributed by atoms with Crippen LogP contribution >= 0.6 is 11.6 Å². The monoisotopic (exact) mass is 276 g/mol. The van der Waals surface area contributed by atoms with Crippen molar-refractivity contribution in [2.24, 2.45) is 0 Å². The van der Waals surface area contributed by atoms with E-state index in [1.165, 1.54) is 0 Å². The summed E-state index contributed by atoms with van der Waals surface area (Å²) in [4.78, 5) is 0. The molecule has 0 aromatic rings. The SMILES string of the molecule is CC[Si](CC)(CC)C(Cl)COCC(F)(F)F. The van der Waals surface area contributed by atoms with Gasteiger partial charge in [0.05, 0.1) is 19.7 Å². The fourth-order valence-corrected chi connectivity index (χ4v) is 6.65. The van der Waals surface area contributed by atoms with E-state index in [4.69, 9.17) is 11.6 Å². The van der Waals surface area contributed by atoms with Gasteiger partial charge in [0.2, 0.25) is 0 Å². The molecule has 0 saturated carbocycles. The average Bonchev–Trinajstić information content (AvgIpc) is 2.19. The zero-order valence-electron chi connectivity index (χ0n) is 10.0. The molecule has 0 aromatic heterocycles. The number of rotatable bonds is 7. The lowest BCUT2D eigenvalue weighted by Gasteiger charge is -2.32. The molecule has 1 unspecified atom stereocenters. The number of ether oxygens (including phenoxy) is 1. The van der Waals surface area contributed by atoms with Gasteiger partial charge in [0.1, 0.15) is 6.61 Å². The van der Waals surface area contributed by atoms with E-state index in [1.54, 1.807) is 0 Å². The van der Waals surface area contributed by atoms with E-state index in [1.807, 2.05) is 0 Å². The lowest BCUT2D eigenvalue weighted by atomic mass is 10.7. The summed E-state index contributed by atoms with van der Waals surface area (Å²) in [5.41, 5.74) is 0. The van der Waals surface area contributed by atoms with Crippen molar-refractivity contribution in [3.05, 3.63) is 0 Å². The summed E-state index contributed by atoms with van der Waals surface area (Å²) in [6, 6.07) is 2.97. The van der Waals surface area contributed by atoms with Gasteiger partial charge in [0.15, 0.2) is 0 Å². The minimum absolute atomic E-state index is 0.0167. The maximum atomic E-state index is 11.9. The van der Waals surface area contributed by atoms with E-state index in [9.17, 15) is 13.2 Å². The summed E-state index contributed by atoms with van der Waals surface area (Å²) in [7, 11) is -1.64. The molecule has 0 spiro atoms. The molecule has 0 fully saturated rings. The van der Waals surface area contributed by atoms with Crippen molar-refractivity contribution in [2.45, 2.75) is 50.1 Å². The molecule has 0 aliphatic rings. The molecule has 0 radical (unpaired) electrons. The van der Waals surface area contributed by atoms with Crippen molar-refractivity contribution >= 4 is 19.7 Å². The standard InChI is InChI=1S/C10H20ClF3OSi/c1-4-16(5-2,6-3)9(11)7-15-8-10(12,13)14/h9H,4-8H2,1-3H3. The minimum Gasteiger partial charge on any atom is -0.371 e. The molecule has 0 aliphatic heterocycles. The average molecular weight is 277 g/mol. The first-order chi connectivity index (χ1) is 7.31. The van der Waals surface area contributed by atoms with Gasteiger partial charge in [-0.15, -0.1) is 11.6 Å². The van der Waals surface area contributed by atoms with Crippen LogP contribution in [-0.2, 0) is 4.74 Å². The van der Waals surface area contributed by atoms with Crippen molar-refractivity contribution in [3.63, 3.8) is 0 Å². The maximum Gasteiger partial charge on any atom is 0.411 e. The Morgan fingerprint density at radius 1 is 1.12 bits per heavy atom. The molecule has 1 nitrogen and oxygen atoms in total. The van der Waals surface area contributed by atoms with E-state index in [0.717, 1.165) is 18.1 Å². The van der Waals surface area contributed by atoms with Crippen LogP contribution in [0.3, 0.4) is 0 Å². The van der Waals surface area contributed by atoms with Gasteiger partial charge >= 0.3 is 6.18 Å². The van der Waals surface area contributed by atoms with Crippen LogP contribution in [0.5, 0.6) is 0 Å². The largest absolute Gasteiger partial charge is 0.411 e.